The molecule has 0 radical (unpaired) electrons. The van der Waals surface area contributed by atoms with Gasteiger partial charge in [0.05, 0.1) is 31.9 Å². The van der Waals surface area contributed by atoms with Crippen LogP contribution in [0.3, 0.4) is 0 Å². The summed E-state index contributed by atoms with van der Waals surface area (Å²) in [7, 11) is 0. The van der Waals surface area contributed by atoms with E-state index in [0.717, 1.165) is 71.6 Å². The average molecular weight is 724 g/mol. The number of halogens is 3. The summed E-state index contributed by atoms with van der Waals surface area (Å²) in [6.45, 7) is 12.8. The summed E-state index contributed by atoms with van der Waals surface area (Å²) in [4.78, 5) is 18.9. The van der Waals surface area contributed by atoms with Crippen LogP contribution in [0.25, 0.3) is 17.0 Å². The highest BCUT2D eigenvalue weighted by atomic mass is 32.2. The van der Waals surface area contributed by atoms with E-state index in [9.17, 15) is 8.78 Å². The van der Waals surface area contributed by atoms with E-state index in [-0.39, 0.29) is 23.3 Å². The van der Waals surface area contributed by atoms with E-state index in [1.807, 2.05) is 48.2 Å². The molecule has 1 saturated heterocycles. The van der Waals surface area contributed by atoms with Crippen molar-refractivity contribution in [1.29, 1.82) is 0 Å². The number of piperazine rings is 1. The Morgan fingerprint density at radius 1 is 1.00 bits per heavy atom. The van der Waals surface area contributed by atoms with Crippen molar-refractivity contribution in [2.45, 2.75) is 24.7 Å². The lowest BCUT2D eigenvalue weighted by Gasteiger charge is -2.36. The number of hydrogen-bond acceptors (Lipinski definition) is 10. The summed E-state index contributed by atoms with van der Waals surface area (Å²) in [6.07, 6.45) is 5.54. The molecule has 1 aromatic heterocycles. The molecule has 258 valence electrons. The number of hydrogen-bond donors (Lipinski definition) is 2. The number of aromatic nitrogens is 1. The lowest BCUT2D eigenvalue weighted by Crippen LogP contribution is -2.47. The minimum atomic E-state index is -0.632. The van der Waals surface area contributed by atoms with Crippen molar-refractivity contribution >= 4 is 70.7 Å². The summed E-state index contributed by atoms with van der Waals surface area (Å²) in [5, 5.41) is 4.10. The number of allylic oxidation sites excluding steroid dienone is 1. The Bertz CT molecular complexity index is 1770. The molecule has 0 saturated carbocycles. The molecule has 4 aromatic rings. The van der Waals surface area contributed by atoms with Crippen LogP contribution in [0.5, 0.6) is 0 Å². The van der Waals surface area contributed by atoms with Crippen molar-refractivity contribution in [2.24, 2.45) is 9.98 Å². The smallest absolute Gasteiger partial charge is 0.148 e. The largest absolute Gasteiger partial charge is 0.367 e. The zero-order valence-electron chi connectivity index (χ0n) is 27.8. The molecule has 0 spiro atoms. The van der Waals surface area contributed by atoms with Crippen LogP contribution in [-0.4, -0.2) is 74.2 Å². The van der Waals surface area contributed by atoms with Gasteiger partial charge in [0.2, 0.25) is 0 Å². The first-order chi connectivity index (χ1) is 23.8. The zero-order chi connectivity index (χ0) is 34.8. The SMILES string of the molecule is C=N/C(=C\C=N/CNc1ccc(N2CCN(CCSC)CC2)c(F)c1)c1sc(C(C)C)nc1-c1cccc(NSc2c(F)cccc2F)c1. The second-order valence-corrected chi connectivity index (χ2v) is 14.4. The van der Waals surface area contributed by atoms with E-state index in [1.165, 1.54) is 35.6 Å². The molecule has 0 aliphatic carbocycles. The number of nitrogens with one attached hydrogen (secondary N) is 2. The fourth-order valence-corrected chi connectivity index (χ4v) is 7.39. The maximum atomic E-state index is 15.1. The summed E-state index contributed by atoms with van der Waals surface area (Å²) in [5.41, 5.74) is 4.08. The zero-order valence-corrected chi connectivity index (χ0v) is 30.2. The van der Waals surface area contributed by atoms with Gasteiger partial charge in [-0.2, -0.15) is 11.8 Å². The topological polar surface area (TPSA) is 68.2 Å². The number of nitrogens with zero attached hydrogens (tertiary/aromatic N) is 5. The third kappa shape index (κ3) is 9.68. The lowest BCUT2D eigenvalue weighted by molar-refractivity contribution is 0.272. The van der Waals surface area contributed by atoms with E-state index in [2.05, 4.69) is 56.6 Å². The van der Waals surface area contributed by atoms with Gasteiger partial charge in [0.15, 0.2) is 0 Å². The van der Waals surface area contributed by atoms with Crippen molar-refractivity contribution < 1.29 is 13.2 Å². The van der Waals surface area contributed by atoms with Crippen molar-refractivity contribution in [1.82, 2.24) is 9.88 Å². The maximum absolute atomic E-state index is 15.1. The van der Waals surface area contributed by atoms with Crippen LogP contribution in [0.15, 0.2) is 81.6 Å². The van der Waals surface area contributed by atoms with Crippen LogP contribution >= 0.6 is 35.0 Å². The van der Waals surface area contributed by atoms with Gasteiger partial charge in [-0.15, -0.1) is 11.3 Å². The third-order valence-corrected chi connectivity index (χ3v) is 10.8. The molecule has 0 bridgehead atoms. The van der Waals surface area contributed by atoms with Gasteiger partial charge in [0, 0.05) is 67.5 Å². The molecular weight excluding hydrogens is 684 g/mol. The Morgan fingerprint density at radius 3 is 2.45 bits per heavy atom. The van der Waals surface area contributed by atoms with Crippen LogP contribution in [0.2, 0.25) is 0 Å². The van der Waals surface area contributed by atoms with Crippen LogP contribution in [0.1, 0.15) is 29.7 Å². The molecule has 0 unspecified atom stereocenters. The Labute approximate surface area is 299 Å². The van der Waals surface area contributed by atoms with Crippen molar-refractivity contribution in [3.05, 3.63) is 94.1 Å². The second kappa shape index (κ2) is 17.7. The van der Waals surface area contributed by atoms with Gasteiger partial charge in [-0.3, -0.25) is 14.9 Å². The monoisotopic (exact) mass is 723 g/mol. The normalized spacial score (nSPS) is 14.2. The van der Waals surface area contributed by atoms with Crippen molar-refractivity contribution in [3.63, 3.8) is 0 Å². The number of thiazole rings is 1. The summed E-state index contributed by atoms with van der Waals surface area (Å²) >= 11 is 4.25. The summed E-state index contributed by atoms with van der Waals surface area (Å²) in [6, 6.07) is 16.5. The molecule has 0 amide bonds. The van der Waals surface area contributed by atoms with Crippen LogP contribution in [-0.2, 0) is 0 Å². The maximum Gasteiger partial charge on any atom is 0.148 e. The first-order valence-corrected chi connectivity index (χ1v) is 18.9. The van der Waals surface area contributed by atoms with Crippen molar-refractivity contribution in [3.8, 4) is 11.3 Å². The first-order valence-electron chi connectivity index (χ1n) is 15.9. The van der Waals surface area contributed by atoms with E-state index >= 15 is 4.39 Å². The van der Waals surface area contributed by atoms with Gasteiger partial charge < -0.3 is 14.9 Å². The standard InChI is InChI=1S/C36H40F3N7S3/c1-24(2)36-43-33(25-7-5-8-27(21-25)44-49-34-28(37)9-6-10-29(34)38)35(48-36)31(40-3)13-14-41-23-42-26-11-12-32(30(39)22-26)46-17-15-45(16-18-46)19-20-47-4/h5-14,21-22,24,42,44H,3,15-20,23H2,1-2,4H3/b31-13-,41-14-. The van der Waals surface area contributed by atoms with Crippen LogP contribution in [0, 0.1) is 17.5 Å². The number of benzene rings is 3. The van der Waals surface area contributed by atoms with Gasteiger partial charge in [0.25, 0.3) is 0 Å². The Balaban J connectivity index is 1.24. The molecule has 49 heavy (non-hydrogen) atoms. The molecular formula is C36H40F3N7S3. The molecule has 3 aromatic carbocycles. The molecule has 1 fully saturated rings. The minimum absolute atomic E-state index is 0.104. The highest BCUT2D eigenvalue weighted by Gasteiger charge is 2.20. The average Bonchev–Trinajstić information content (AvgIpc) is 3.55. The fourth-order valence-electron chi connectivity index (χ4n) is 5.19. The summed E-state index contributed by atoms with van der Waals surface area (Å²) in [5.74, 6) is -0.217. The van der Waals surface area contributed by atoms with Gasteiger partial charge in [0.1, 0.15) is 24.1 Å². The van der Waals surface area contributed by atoms with Gasteiger partial charge >= 0.3 is 0 Å². The molecule has 1 aliphatic heterocycles. The van der Waals surface area contributed by atoms with E-state index in [0.29, 0.717) is 22.8 Å². The summed E-state index contributed by atoms with van der Waals surface area (Å²) < 4.78 is 46.4. The predicted octanol–water partition coefficient (Wildman–Crippen LogP) is 9.14. The minimum Gasteiger partial charge on any atom is -0.367 e. The quantitative estimate of drug-likeness (QED) is 0.0937. The van der Waals surface area contributed by atoms with Gasteiger partial charge in [-0.1, -0.05) is 32.0 Å². The number of thioether (sulfide) groups is 1. The van der Waals surface area contributed by atoms with Gasteiger partial charge in [-0.05, 0) is 73.5 Å². The molecule has 7 nitrogen and oxygen atoms in total. The predicted molar refractivity (Wildman–Crippen MR) is 205 cm³/mol. The number of aliphatic imine (C=N–C) groups is 2. The van der Waals surface area contributed by atoms with Gasteiger partial charge in [-0.25, -0.2) is 18.2 Å². The van der Waals surface area contributed by atoms with Crippen molar-refractivity contribution in [2.75, 3.05) is 66.3 Å². The molecule has 2 N–H and O–H groups in total. The highest BCUT2D eigenvalue weighted by Crippen LogP contribution is 2.38. The lowest BCUT2D eigenvalue weighted by atomic mass is 10.1. The number of anilines is 3. The Hall–Kier alpha value is -3.78. The second-order valence-electron chi connectivity index (χ2n) is 11.6. The Kier molecular flexibility index (Phi) is 13.2. The highest BCUT2D eigenvalue weighted by molar-refractivity contribution is 8.00. The molecule has 13 heteroatoms. The molecule has 2 heterocycles. The van der Waals surface area contributed by atoms with Crippen LogP contribution in [0.4, 0.5) is 30.2 Å². The first kappa shape index (κ1) is 36.5. The molecule has 0 atom stereocenters. The van der Waals surface area contributed by atoms with Crippen LogP contribution < -0.4 is 14.9 Å². The third-order valence-electron chi connectivity index (χ3n) is 7.85. The van der Waals surface area contributed by atoms with E-state index in [4.69, 9.17) is 4.98 Å². The fraction of sp³-hybridized carbons (Fsp3) is 0.306. The van der Waals surface area contributed by atoms with E-state index in [1.54, 1.807) is 12.3 Å². The Morgan fingerprint density at radius 2 is 1.76 bits per heavy atom. The number of rotatable bonds is 15. The molecule has 1 aliphatic rings. The molecule has 5 rings (SSSR count). The van der Waals surface area contributed by atoms with E-state index < -0.39 is 11.6 Å².